The van der Waals surface area contributed by atoms with Gasteiger partial charge >= 0.3 is 6.09 Å². The molecule has 3 heterocycles. The lowest BCUT2D eigenvalue weighted by molar-refractivity contribution is 0.0653. The fourth-order valence-electron chi connectivity index (χ4n) is 4.98. The minimum atomic E-state index is -1.18. The molecular weight excluding hydrogens is 603 g/mol. The molecule has 2 aromatic heterocycles. The average molecular weight is 630 g/mol. The zero-order valence-corrected chi connectivity index (χ0v) is 25.4. The summed E-state index contributed by atoms with van der Waals surface area (Å²) in [5.74, 6) is 0.234. The Balaban J connectivity index is 1.57. The number of carboxylic acid groups (broad SMARTS) is 1. The first kappa shape index (κ1) is 29.6. The Bertz CT molecular complexity index is 1800. The van der Waals surface area contributed by atoms with Crippen LogP contribution in [0.25, 0.3) is 17.1 Å². The Morgan fingerprint density at radius 2 is 1.79 bits per heavy atom. The number of rotatable bonds is 5. The number of fused-ring (bicyclic) bond motifs is 1. The van der Waals surface area contributed by atoms with Crippen molar-refractivity contribution < 1.29 is 14.7 Å². The first-order valence-corrected chi connectivity index (χ1v) is 14.3. The van der Waals surface area contributed by atoms with Crippen molar-refractivity contribution in [3.63, 3.8) is 0 Å². The first-order valence-electron chi connectivity index (χ1n) is 13.1. The number of hydrogen-bond donors (Lipinski definition) is 2. The molecule has 0 saturated heterocycles. The van der Waals surface area contributed by atoms with Gasteiger partial charge in [-0.25, -0.2) is 23.9 Å². The van der Waals surface area contributed by atoms with Gasteiger partial charge in [-0.2, -0.15) is 0 Å². The molecule has 0 aliphatic carbocycles. The van der Waals surface area contributed by atoms with Crippen LogP contribution in [0.1, 0.15) is 48.1 Å². The Labute approximate surface area is 256 Å². The molecular formula is C29H27Cl3N6O4. The van der Waals surface area contributed by atoms with E-state index in [-0.39, 0.29) is 58.3 Å². The summed E-state index contributed by atoms with van der Waals surface area (Å²) in [6.07, 6.45) is 0.519. The van der Waals surface area contributed by atoms with E-state index < -0.39 is 6.09 Å². The van der Waals surface area contributed by atoms with Crippen LogP contribution in [-0.2, 0) is 13.0 Å². The van der Waals surface area contributed by atoms with Crippen LogP contribution in [0.15, 0.2) is 47.4 Å². The lowest BCUT2D eigenvalue weighted by atomic mass is 9.98. The van der Waals surface area contributed by atoms with Crippen molar-refractivity contribution in [2.75, 3.05) is 5.32 Å². The summed E-state index contributed by atoms with van der Waals surface area (Å²) in [4.78, 5) is 49.9. The van der Waals surface area contributed by atoms with Gasteiger partial charge in [0.05, 0.1) is 38.7 Å². The van der Waals surface area contributed by atoms with E-state index in [0.717, 1.165) is 4.57 Å². The van der Waals surface area contributed by atoms with Crippen LogP contribution in [0, 0.1) is 6.92 Å². The summed E-state index contributed by atoms with van der Waals surface area (Å²) in [6, 6.07) is 9.21. The SMILES string of the molecule is Cc1cn(C(=O)O)c(-c2ccc(-n3c(NC(C)C)nc4c(c3=O)C[C@@H](C)N(C(=O)c3ccc(Cl)c(Cl)c3)C4)c(Cl)c2)n1. The number of anilines is 1. The number of amides is 1. The lowest BCUT2D eigenvalue weighted by Crippen LogP contribution is -2.46. The van der Waals surface area contributed by atoms with Crippen molar-refractivity contribution in [2.24, 2.45) is 0 Å². The maximum atomic E-state index is 14.0. The highest BCUT2D eigenvalue weighted by molar-refractivity contribution is 6.42. The number of benzene rings is 2. The third-order valence-corrected chi connectivity index (χ3v) is 7.98. The van der Waals surface area contributed by atoms with Crippen molar-refractivity contribution in [3.05, 3.63) is 90.5 Å². The lowest BCUT2D eigenvalue weighted by Gasteiger charge is -2.35. The predicted molar refractivity (Wildman–Crippen MR) is 162 cm³/mol. The number of hydrogen-bond acceptors (Lipinski definition) is 6. The van der Waals surface area contributed by atoms with Crippen LogP contribution in [0.2, 0.25) is 15.1 Å². The molecule has 2 N–H and O–H groups in total. The summed E-state index contributed by atoms with van der Waals surface area (Å²) in [7, 11) is 0. The Morgan fingerprint density at radius 3 is 2.43 bits per heavy atom. The molecule has 0 bridgehead atoms. The molecule has 1 amide bonds. The molecule has 4 aromatic rings. The molecule has 0 radical (unpaired) electrons. The summed E-state index contributed by atoms with van der Waals surface area (Å²) >= 11 is 18.9. The molecule has 0 saturated carbocycles. The van der Waals surface area contributed by atoms with Gasteiger partial charge in [-0.05, 0) is 70.5 Å². The van der Waals surface area contributed by atoms with E-state index in [4.69, 9.17) is 39.8 Å². The second-order valence-electron chi connectivity index (χ2n) is 10.4. The molecule has 5 rings (SSSR count). The van der Waals surface area contributed by atoms with E-state index in [1.165, 1.54) is 16.8 Å². The minimum absolute atomic E-state index is 0.0817. The Morgan fingerprint density at radius 1 is 1.05 bits per heavy atom. The second-order valence-corrected chi connectivity index (χ2v) is 11.7. The summed E-state index contributed by atoms with van der Waals surface area (Å²) in [6.45, 7) is 7.52. The smallest absolute Gasteiger partial charge is 0.417 e. The van der Waals surface area contributed by atoms with Crippen LogP contribution < -0.4 is 10.9 Å². The molecule has 1 aliphatic heterocycles. The van der Waals surface area contributed by atoms with Gasteiger partial charge in [0, 0.05) is 35.0 Å². The number of aryl methyl sites for hydroxylation is 1. The van der Waals surface area contributed by atoms with E-state index >= 15 is 0 Å². The van der Waals surface area contributed by atoms with Gasteiger partial charge in [-0.15, -0.1) is 0 Å². The van der Waals surface area contributed by atoms with Crippen LogP contribution in [0.5, 0.6) is 0 Å². The monoisotopic (exact) mass is 628 g/mol. The third kappa shape index (κ3) is 5.49. The number of nitrogens with one attached hydrogen (secondary N) is 1. The Kier molecular flexibility index (Phi) is 8.06. The minimum Gasteiger partial charge on any atom is -0.464 e. The van der Waals surface area contributed by atoms with Gasteiger partial charge in [-0.1, -0.05) is 34.8 Å². The third-order valence-electron chi connectivity index (χ3n) is 6.94. The van der Waals surface area contributed by atoms with E-state index in [9.17, 15) is 19.5 Å². The largest absolute Gasteiger partial charge is 0.464 e. The molecule has 10 nitrogen and oxygen atoms in total. The number of aromatic nitrogens is 4. The normalized spacial score (nSPS) is 14.7. The van der Waals surface area contributed by atoms with E-state index in [1.807, 2.05) is 20.8 Å². The van der Waals surface area contributed by atoms with Gasteiger partial charge in [0.25, 0.3) is 11.5 Å². The molecule has 0 fully saturated rings. The average Bonchev–Trinajstić information content (AvgIpc) is 3.32. The number of carbonyl (C=O) groups is 2. The maximum Gasteiger partial charge on any atom is 0.417 e. The molecule has 2 aromatic carbocycles. The van der Waals surface area contributed by atoms with Gasteiger partial charge in [0.15, 0.2) is 0 Å². The zero-order valence-electron chi connectivity index (χ0n) is 23.2. The van der Waals surface area contributed by atoms with Crippen LogP contribution >= 0.6 is 34.8 Å². The fraction of sp³-hybridized carbons (Fsp3) is 0.276. The molecule has 218 valence electrons. The van der Waals surface area contributed by atoms with E-state index in [2.05, 4.69) is 10.3 Å². The molecule has 13 heteroatoms. The molecule has 1 aliphatic rings. The van der Waals surface area contributed by atoms with Crippen molar-refractivity contribution in [2.45, 2.75) is 52.7 Å². The van der Waals surface area contributed by atoms with Crippen LogP contribution in [0.3, 0.4) is 0 Å². The Hall–Kier alpha value is -3.86. The zero-order chi connectivity index (χ0) is 30.5. The standard InChI is InChI=1S/C29H27Cl3N6O4/c1-14(2)33-28-35-23-13-36(26(39)18-5-7-20(30)21(31)11-18)16(4)9-19(23)27(40)38(28)24-8-6-17(10-22(24)32)25-34-15(3)12-37(25)29(41)42/h5-8,10-12,14,16H,9,13H2,1-4H3,(H,33,35)(H,41,42)/t16-/m1/s1. The maximum absolute atomic E-state index is 14.0. The van der Waals surface area contributed by atoms with Crippen molar-refractivity contribution in [3.8, 4) is 17.1 Å². The number of nitrogens with zero attached hydrogens (tertiary/aromatic N) is 5. The molecule has 0 spiro atoms. The van der Waals surface area contributed by atoms with Crippen LogP contribution in [0.4, 0.5) is 10.7 Å². The van der Waals surface area contributed by atoms with Gasteiger partial charge in [0.2, 0.25) is 5.95 Å². The van der Waals surface area contributed by atoms with Crippen LogP contribution in [-0.4, -0.2) is 53.2 Å². The fourth-order valence-corrected chi connectivity index (χ4v) is 5.54. The topological polar surface area (TPSA) is 122 Å². The summed E-state index contributed by atoms with van der Waals surface area (Å²) < 4.78 is 2.44. The quantitative estimate of drug-likeness (QED) is 0.266. The highest BCUT2D eigenvalue weighted by Crippen LogP contribution is 2.31. The molecule has 0 unspecified atom stereocenters. The van der Waals surface area contributed by atoms with Crippen molar-refractivity contribution in [1.82, 2.24) is 24.0 Å². The van der Waals surface area contributed by atoms with Gasteiger partial charge in [0.1, 0.15) is 5.82 Å². The number of carbonyl (C=O) groups excluding carboxylic acids is 1. The van der Waals surface area contributed by atoms with Crippen molar-refractivity contribution >= 4 is 52.8 Å². The number of halogens is 3. The van der Waals surface area contributed by atoms with E-state index in [1.54, 1.807) is 42.2 Å². The van der Waals surface area contributed by atoms with Gasteiger partial charge in [-0.3, -0.25) is 9.59 Å². The highest BCUT2D eigenvalue weighted by atomic mass is 35.5. The summed E-state index contributed by atoms with van der Waals surface area (Å²) in [5.41, 5.74) is 2.42. The van der Waals surface area contributed by atoms with Gasteiger partial charge < -0.3 is 15.3 Å². The second kappa shape index (κ2) is 11.4. The van der Waals surface area contributed by atoms with Crippen molar-refractivity contribution in [1.29, 1.82) is 0 Å². The van der Waals surface area contributed by atoms with E-state index in [0.29, 0.717) is 38.8 Å². The predicted octanol–water partition coefficient (Wildman–Crippen LogP) is 6.30. The first-order chi connectivity index (χ1) is 19.8. The molecule has 1 atom stereocenters. The number of imidazole rings is 1. The highest BCUT2D eigenvalue weighted by Gasteiger charge is 2.32. The molecule has 42 heavy (non-hydrogen) atoms. The summed E-state index contributed by atoms with van der Waals surface area (Å²) in [5, 5.41) is 13.6.